The Morgan fingerprint density at radius 1 is 1.16 bits per heavy atom. The number of benzene rings is 1. The Kier molecular flexibility index (Phi) is 4.65. The molecule has 0 nitrogen and oxygen atoms in total. The molecule has 1 aromatic heterocycles. The van der Waals surface area contributed by atoms with Crippen LogP contribution >= 0.6 is 54.8 Å². The lowest BCUT2D eigenvalue weighted by Gasteiger charge is -2.11. The first-order valence-corrected chi connectivity index (χ1v) is 7.89. The highest BCUT2D eigenvalue weighted by Gasteiger charge is 2.31. The van der Waals surface area contributed by atoms with Gasteiger partial charge in [-0.25, -0.2) is 0 Å². The molecule has 0 bridgehead atoms. The Labute approximate surface area is 133 Å². The third kappa shape index (κ3) is 3.54. The van der Waals surface area contributed by atoms with Gasteiger partial charge in [0.1, 0.15) is 0 Å². The molecular formula is C12H6Br2ClF3S. The number of halogens is 6. The van der Waals surface area contributed by atoms with E-state index in [1.165, 1.54) is 17.4 Å². The molecule has 0 saturated carbocycles. The second kappa shape index (κ2) is 5.76. The van der Waals surface area contributed by atoms with Crippen molar-refractivity contribution in [3.05, 3.63) is 54.6 Å². The van der Waals surface area contributed by atoms with Crippen molar-refractivity contribution in [1.29, 1.82) is 0 Å². The van der Waals surface area contributed by atoms with E-state index in [4.69, 9.17) is 11.6 Å². The van der Waals surface area contributed by atoms with Crippen LogP contribution in [0.2, 0.25) is 0 Å². The Morgan fingerprint density at radius 2 is 1.84 bits per heavy atom. The minimum absolute atomic E-state index is 0.428. The Morgan fingerprint density at radius 3 is 2.37 bits per heavy atom. The van der Waals surface area contributed by atoms with Gasteiger partial charge < -0.3 is 0 Å². The van der Waals surface area contributed by atoms with Crippen LogP contribution in [-0.4, -0.2) is 0 Å². The van der Waals surface area contributed by atoms with Gasteiger partial charge in [-0.05, 0) is 55.6 Å². The summed E-state index contributed by atoms with van der Waals surface area (Å²) >= 11 is 14.3. The number of hydrogen-bond acceptors (Lipinski definition) is 1. The van der Waals surface area contributed by atoms with Gasteiger partial charge in [0, 0.05) is 9.35 Å². The molecule has 0 aliphatic heterocycles. The molecule has 1 heterocycles. The predicted octanol–water partition coefficient (Wildman–Crippen LogP) is 6.62. The van der Waals surface area contributed by atoms with Crippen LogP contribution < -0.4 is 0 Å². The van der Waals surface area contributed by atoms with Crippen LogP contribution in [0.15, 0.2) is 38.6 Å². The Balaban J connectivity index is 2.36. The zero-order valence-corrected chi connectivity index (χ0v) is 13.9. The molecule has 19 heavy (non-hydrogen) atoms. The van der Waals surface area contributed by atoms with Crippen LogP contribution in [0.3, 0.4) is 0 Å². The van der Waals surface area contributed by atoms with Crippen LogP contribution in [0.1, 0.15) is 21.4 Å². The topological polar surface area (TPSA) is 0 Å². The smallest absolute Gasteiger partial charge is 0.166 e. The molecule has 2 aromatic rings. The van der Waals surface area contributed by atoms with Crippen molar-refractivity contribution in [2.75, 3.05) is 0 Å². The van der Waals surface area contributed by atoms with Crippen molar-refractivity contribution in [1.82, 2.24) is 0 Å². The van der Waals surface area contributed by atoms with Gasteiger partial charge in [0.05, 0.1) is 14.7 Å². The molecule has 0 amide bonds. The monoisotopic (exact) mass is 432 g/mol. The second-order valence-electron chi connectivity index (χ2n) is 3.76. The Hall–Kier alpha value is -0.0400. The van der Waals surface area contributed by atoms with Gasteiger partial charge in [-0.15, -0.1) is 22.9 Å². The summed E-state index contributed by atoms with van der Waals surface area (Å²) in [5.74, 6) is 0. The van der Waals surface area contributed by atoms with Crippen molar-refractivity contribution >= 4 is 54.8 Å². The quantitative estimate of drug-likeness (QED) is 0.466. The van der Waals surface area contributed by atoms with E-state index < -0.39 is 17.1 Å². The van der Waals surface area contributed by atoms with Crippen molar-refractivity contribution in [2.45, 2.75) is 11.6 Å². The van der Waals surface area contributed by atoms with Gasteiger partial charge in [-0.3, -0.25) is 0 Å². The van der Waals surface area contributed by atoms with Gasteiger partial charge in [-0.2, -0.15) is 13.2 Å². The van der Waals surface area contributed by atoms with Crippen LogP contribution in [0.25, 0.3) is 0 Å². The van der Waals surface area contributed by atoms with E-state index in [2.05, 4.69) is 31.9 Å². The first-order chi connectivity index (χ1) is 8.79. The molecule has 1 unspecified atom stereocenters. The largest absolute Gasteiger partial charge is 0.416 e. The molecule has 0 aliphatic rings. The number of thiophene rings is 1. The lowest BCUT2D eigenvalue weighted by Crippen LogP contribution is -2.05. The second-order valence-corrected chi connectivity index (χ2v) is 7.45. The molecule has 0 spiro atoms. The third-order valence-corrected chi connectivity index (χ3v) is 6.36. The average Bonchev–Trinajstić information content (AvgIpc) is 2.68. The van der Waals surface area contributed by atoms with E-state index in [9.17, 15) is 13.2 Å². The number of hydrogen-bond donors (Lipinski definition) is 0. The van der Waals surface area contributed by atoms with E-state index in [1.807, 2.05) is 0 Å². The van der Waals surface area contributed by atoms with E-state index in [0.717, 1.165) is 25.3 Å². The van der Waals surface area contributed by atoms with Gasteiger partial charge in [0.2, 0.25) is 0 Å². The molecule has 0 N–H and O–H groups in total. The maximum atomic E-state index is 12.6. The summed E-state index contributed by atoms with van der Waals surface area (Å²) in [4.78, 5) is 0.778. The summed E-state index contributed by atoms with van der Waals surface area (Å²) in [7, 11) is 0. The molecule has 1 aromatic carbocycles. The van der Waals surface area contributed by atoms with Gasteiger partial charge >= 0.3 is 6.18 Å². The van der Waals surface area contributed by atoms with Crippen LogP contribution in [0, 0.1) is 0 Å². The summed E-state index contributed by atoms with van der Waals surface area (Å²) in [6, 6.07) is 6.87. The lowest BCUT2D eigenvalue weighted by molar-refractivity contribution is -0.137. The molecule has 0 fully saturated rings. The molecular weight excluding hydrogens is 428 g/mol. The maximum Gasteiger partial charge on any atom is 0.416 e. The summed E-state index contributed by atoms with van der Waals surface area (Å²) < 4.78 is 39.6. The fraction of sp³-hybridized carbons (Fsp3) is 0.167. The summed E-state index contributed by atoms with van der Waals surface area (Å²) in [5.41, 5.74) is -0.261. The molecule has 0 saturated heterocycles. The van der Waals surface area contributed by atoms with E-state index in [0.29, 0.717) is 5.56 Å². The van der Waals surface area contributed by atoms with Crippen LogP contribution in [0.5, 0.6) is 0 Å². The molecule has 7 heteroatoms. The van der Waals surface area contributed by atoms with Crippen molar-refractivity contribution in [2.24, 2.45) is 0 Å². The van der Waals surface area contributed by atoms with E-state index in [1.54, 1.807) is 12.1 Å². The lowest BCUT2D eigenvalue weighted by atomic mass is 10.1. The fourth-order valence-corrected chi connectivity index (χ4v) is 3.95. The molecule has 2 rings (SSSR count). The molecule has 0 aliphatic carbocycles. The minimum Gasteiger partial charge on any atom is -0.166 e. The van der Waals surface area contributed by atoms with Crippen molar-refractivity contribution in [3.63, 3.8) is 0 Å². The third-order valence-electron chi connectivity index (χ3n) is 2.42. The summed E-state index contributed by atoms with van der Waals surface area (Å²) in [6.45, 7) is 0. The maximum absolute atomic E-state index is 12.6. The molecule has 102 valence electrons. The summed E-state index contributed by atoms with van der Waals surface area (Å²) in [5, 5.41) is -0.602. The van der Waals surface area contributed by atoms with Crippen molar-refractivity contribution < 1.29 is 13.2 Å². The predicted molar refractivity (Wildman–Crippen MR) is 78.9 cm³/mol. The first kappa shape index (κ1) is 15.4. The number of rotatable bonds is 2. The first-order valence-electron chi connectivity index (χ1n) is 5.05. The fourth-order valence-electron chi connectivity index (χ4n) is 1.53. The van der Waals surface area contributed by atoms with Gasteiger partial charge in [0.25, 0.3) is 0 Å². The highest BCUT2D eigenvalue weighted by atomic mass is 79.9. The minimum atomic E-state index is -4.36. The molecule has 1 atom stereocenters. The highest BCUT2D eigenvalue weighted by molar-refractivity contribution is 9.13. The molecule has 0 radical (unpaired) electrons. The van der Waals surface area contributed by atoms with Crippen LogP contribution in [0.4, 0.5) is 13.2 Å². The normalized spacial score (nSPS) is 13.6. The van der Waals surface area contributed by atoms with E-state index in [-0.39, 0.29) is 0 Å². The van der Waals surface area contributed by atoms with E-state index >= 15 is 0 Å². The van der Waals surface area contributed by atoms with Gasteiger partial charge in [-0.1, -0.05) is 12.1 Å². The zero-order valence-electron chi connectivity index (χ0n) is 9.14. The zero-order chi connectivity index (χ0) is 14.2. The van der Waals surface area contributed by atoms with Crippen LogP contribution in [-0.2, 0) is 6.18 Å². The Bertz CT molecular complexity index is 575. The highest BCUT2D eigenvalue weighted by Crippen LogP contribution is 2.41. The SMILES string of the molecule is FC(F)(F)c1cccc(C(Cl)c2cc(Br)c(Br)s2)c1. The standard InChI is InChI=1S/C12H6Br2ClF3S/c13-8-5-9(19-11(8)14)10(15)6-2-1-3-7(4-6)12(16,17)18/h1-5,10H. The summed E-state index contributed by atoms with van der Waals surface area (Å²) in [6.07, 6.45) is -4.36. The van der Waals surface area contributed by atoms with Gasteiger partial charge in [0.15, 0.2) is 0 Å². The number of alkyl halides is 4. The van der Waals surface area contributed by atoms with Crippen molar-refractivity contribution in [3.8, 4) is 0 Å². The average molecular weight is 435 g/mol.